The molecule has 1 aliphatic rings. The summed E-state index contributed by atoms with van der Waals surface area (Å²) < 4.78 is 11.7. The molecule has 1 aliphatic heterocycles. The highest BCUT2D eigenvalue weighted by atomic mass is 16.5. The summed E-state index contributed by atoms with van der Waals surface area (Å²) >= 11 is 0. The highest BCUT2D eigenvalue weighted by Gasteiger charge is 2.19. The van der Waals surface area contributed by atoms with Crippen molar-refractivity contribution in [2.24, 2.45) is 5.73 Å². The zero-order valence-electron chi connectivity index (χ0n) is 13.3. The molecule has 1 atom stereocenters. The van der Waals surface area contributed by atoms with Crippen LogP contribution in [-0.2, 0) is 6.54 Å². The van der Waals surface area contributed by atoms with E-state index in [9.17, 15) is 0 Å². The van der Waals surface area contributed by atoms with Crippen LogP contribution >= 0.6 is 0 Å². The van der Waals surface area contributed by atoms with Crippen molar-refractivity contribution in [3.8, 4) is 11.5 Å². The summed E-state index contributed by atoms with van der Waals surface area (Å²) in [7, 11) is 2.21. The fourth-order valence-corrected chi connectivity index (χ4v) is 2.96. The van der Waals surface area contributed by atoms with Crippen molar-refractivity contribution < 1.29 is 9.47 Å². The van der Waals surface area contributed by atoms with E-state index in [1.807, 2.05) is 25.1 Å². The normalized spacial score (nSPS) is 19.5. The maximum Gasteiger partial charge on any atom is 0.165 e. The zero-order valence-corrected chi connectivity index (χ0v) is 13.3. The first kappa shape index (κ1) is 16.1. The first-order chi connectivity index (χ1) is 10.3. The van der Waals surface area contributed by atoms with Gasteiger partial charge in [-0.3, -0.25) is 0 Å². The first-order valence-corrected chi connectivity index (χ1v) is 8.04. The number of rotatable bonds is 7. The van der Waals surface area contributed by atoms with E-state index in [0.29, 0.717) is 25.8 Å². The number of likely N-dealkylation sites (tertiary alicyclic amines) is 1. The highest BCUT2D eigenvalue weighted by molar-refractivity contribution is 5.46. The maximum atomic E-state index is 6.03. The summed E-state index contributed by atoms with van der Waals surface area (Å²) in [6.45, 7) is 5.01. The molecule has 1 aromatic rings. The molecule has 0 saturated carbocycles. The van der Waals surface area contributed by atoms with Crippen LogP contribution in [0.15, 0.2) is 18.2 Å². The Balaban J connectivity index is 1.95. The second-order valence-electron chi connectivity index (χ2n) is 5.65. The van der Waals surface area contributed by atoms with E-state index >= 15 is 0 Å². The Labute approximate surface area is 128 Å². The molecule has 4 nitrogen and oxygen atoms in total. The minimum absolute atomic E-state index is 0.472. The predicted octanol–water partition coefficient (Wildman–Crippen LogP) is 2.80. The fraction of sp³-hybridized carbons (Fsp3) is 0.647. The van der Waals surface area contributed by atoms with Gasteiger partial charge < -0.3 is 20.1 Å². The molecule has 1 saturated heterocycles. The first-order valence-electron chi connectivity index (χ1n) is 8.04. The summed E-state index contributed by atoms with van der Waals surface area (Å²) in [6, 6.07) is 6.56. The Hall–Kier alpha value is -1.26. The predicted molar refractivity (Wildman–Crippen MR) is 85.9 cm³/mol. The van der Waals surface area contributed by atoms with Gasteiger partial charge in [-0.15, -0.1) is 0 Å². The van der Waals surface area contributed by atoms with Gasteiger partial charge in [0.25, 0.3) is 0 Å². The van der Waals surface area contributed by atoms with Crippen molar-refractivity contribution in [2.75, 3.05) is 26.8 Å². The molecule has 1 heterocycles. The molecule has 1 fully saturated rings. The number of nitrogens with two attached hydrogens (primary N) is 1. The molecule has 2 N–H and O–H groups in total. The van der Waals surface area contributed by atoms with Crippen molar-refractivity contribution in [1.82, 2.24) is 4.90 Å². The molecule has 0 radical (unpaired) electrons. The topological polar surface area (TPSA) is 47.7 Å². The van der Waals surface area contributed by atoms with Gasteiger partial charge in [0, 0.05) is 18.2 Å². The van der Waals surface area contributed by atoms with Gasteiger partial charge in [-0.25, -0.2) is 0 Å². The Morgan fingerprint density at radius 2 is 2.14 bits per heavy atom. The SMILES string of the molecule is CCOc1cccc(CN)c1OCCC1CCCCN1C. The number of para-hydroxylation sites is 1. The number of benzene rings is 1. The number of ether oxygens (including phenoxy) is 2. The molecule has 0 spiro atoms. The average molecular weight is 292 g/mol. The second-order valence-corrected chi connectivity index (χ2v) is 5.65. The molecule has 21 heavy (non-hydrogen) atoms. The molecule has 1 unspecified atom stereocenters. The molecule has 0 aliphatic carbocycles. The third-order valence-corrected chi connectivity index (χ3v) is 4.20. The van der Waals surface area contributed by atoms with Crippen molar-refractivity contribution in [2.45, 2.75) is 45.2 Å². The summed E-state index contributed by atoms with van der Waals surface area (Å²) in [5, 5.41) is 0. The van der Waals surface area contributed by atoms with Crippen LogP contribution < -0.4 is 15.2 Å². The van der Waals surface area contributed by atoms with Crippen LogP contribution in [0.25, 0.3) is 0 Å². The highest BCUT2D eigenvalue weighted by Crippen LogP contribution is 2.31. The summed E-state index contributed by atoms with van der Waals surface area (Å²) in [5.41, 5.74) is 6.82. The fourth-order valence-electron chi connectivity index (χ4n) is 2.96. The minimum Gasteiger partial charge on any atom is -0.490 e. The van der Waals surface area contributed by atoms with Crippen molar-refractivity contribution in [3.63, 3.8) is 0 Å². The Kier molecular flexibility index (Phi) is 6.33. The van der Waals surface area contributed by atoms with Crippen molar-refractivity contribution in [1.29, 1.82) is 0 Å². The van der Waals surface area contributed by atoms with Gasteiger partial charge >= 0.3 is 0 Å². The summed E-state index contributed by atoms with van der Waals surface area (Å²) in [5.74, 6) is 1.62. The van der Waals surface area contributed by atoms with E-state index in [0.717, 1.165) is 23.5 Å². The van der Waals surface area contributed by atoms with E-state index in [2.05, 4.69) is 11.9 Å². The van der Waals surface area contributed by atoms with Crippen LogP contribution in [0.4, 0.5) is 0 Å². The number of hydrogen-bond donors (Lipinski definition) is 1. The third kappa shape index (κ3) is 4.35. The maximum absolute atomic E-state index is 6.03. The molecule has 0 amide bonds. The van der Waals surface area contributed by atoms with Gasteiger partial charge in [0.15, 0.2) is 11.5 Å². The monoisotopic (exact) mass is 292 g/mol. The number of nitrogens with zero attached hydrogens (tertiary/aromatic N) is 1. The number of hydrogen-bond acceptors (Lipinski definition) is 4. The van der Waals surface area contributed by atoms with Gasteiger partial charge in [-0.2, -0.15) is 0 Å². The lowest BCUT2D eigenvalue weighted by molar-refractivity contribution is 0.151. The van der Waals surface area contributed by atoms with Gasteiger partial charge in [-0.1, -0.05) is 18.6 Å². The smallest absolute Gasteiger partial charge is 0.165 e. The molecular formula is C17H28N2O2. The largest absolute Gasteiger partial charge is 0.490 e. The van der Waals surface area contributed by atoms with E-state index in [1.54, 1.807) is 0 Å². The van der Waals surface area contributed by atoms with Crippen LogP contribution in [0.2, 0.25) is 0 Å². The minimum atomic E-state index is 0.472. The Morgan fingerprint density at radius 1 is 1.29 bits per heavy atom. The standard InChI is InChI=1S/C17H28N2O2/c1-3-20-16-9-6-7-14(13-18)17(16)21-12-10-15-8-4-5-11-19(15)2/h6-7,9,15H,3-5,8,10-13,18H2,1-2H3. The van der Waals surface area contributed by atoms with E-state index in [4.69, 9.17) is 15.2 Å². The summed E-state index contributed by atoms with van der Waals surface area (Å²) in [6.07, 6.45) is 4.98. The Morgan fingerprint density at radius 3 is 2.86 bits per heavy atom. The van der Waals surface area contributed by atoms with Crippen LogP contribution in [0.1, 0.15) is 38.2 Å². The molecule has 2 rings (SSSR count). The van der Waals surface area contributed by atoms with Crippen LogP contribution in [0.3, 0.4) is 0 Å². The third-order valence-electron chi connectivity index (χ3n) is 4.20. The van der Waals surface area contributed by atoms with Gasteiger partial charge in [0.1, 0.15) is 0 Å². The average Bonchev–Trinajstić information content (AvgIpc) is 2.50. The van der Waals surface area contributed by atoms with Crippen molar-refractivity contribution in [3.05, 3.63) is 23.8 Å². The lowest BCUT2D eigenvalue weighted by Gasteiger charge is -2.32. The molecular weight excluding hydrogens is 264 g/mol. The lowest BCUT2D eigenvalue weighted by Crippen LogP contribution is -2.37. The lowest BCUT2D eigenvalue weighted by atomic mass is 10.0. The molecule has 118 valence electrons. The zero-order chi connectivity index (χ0) is 15.1. The van der Waals surface area contributed by atoms with Gasteiger partial charge in [-0.05, 0) is 45.8 Å². The second kappa shape index (κ2) is 8.25. The van der Waals surface area contributed by atoms with Crippen LogP contribution in [0.5, 0.6) is 11.5 Å². The van der Waals surface area contributed by atoms with E-state index in [1.165, 1.54) is 25.8 Å². The van der Waals surface area contributed by atoms with Crippen LogP contribution in [-0.4, -0.2) is 37.7 Å². The summed E-state index contributed by atoms with van der Waals surface area (Å²) in [4.78, 5) is 2.45. The van der Waals surface area contributed by atoms with Gasteiger partial charge in [0.2, 0.25) is 0 Å². The van der Waals surface area contributed by atoms with E-state index < -0.39 is 0 Å². The van der Waals surface area contributed by atoms with Crippen LogP contribution in [0, 0.1) is 0 Å². The molecule has 0 aromatic heterocycles. The Bertz CT molecular complexity index is 437. The van der Waals surface area contributed by atoms with E-state index in [-0.39, 0.29) is 0 Å². The molecule has 0 bridgehead atoms. The quantitative estimate of drug-likeness (QED) is 0.839. The molecule has 4 heteroatoms. The van der Waals surface area contributed by atoms with Gasteiger partial charge in [0.05, 0.1) is 13.2 Å². The number of piperidine rings is 1. The molecule has 1 aromatic carbocycles. The van der Waals surface area contributed by atoms with Crippen molar-refractivity contribution >= 4 is 0 Å².